The van der Waals surface area contributed by atoms with Crippen LogP contribution >= 0.6 is 0 Å². The molecule has 0 spiro atoms. The third-order valence-electron chi connectivity index (χ3n) is 3.87. The summed E-state index contributed by atoms with van der Waals surface area (Å²) in [5.74, 6) is 1.30. The van der Waals surface area contributed by atoms with Crippen molar-refractivity contribution in [2.45, 2.75) is 13.0 Å². The van der Waals surface area contributed by atoms with Crippen LogP contribution in [0, 0.1) is 0 Å². The first-order valence-electron chi connectivity index (χ1n) is 7.76. The molecule has 0 aliphatic rings. The first kappa shape index (κ1) is 14.3. The fraction of sp³-hybridized carbons (Fsp3) is 0.111. The van der Waals surface area contributed by atoms with Crippen molar-refractivity contribution in [3.8, 4) is 11.4 Å². The second kappa shape index (κ2) is 6.08. The molecule has 0 saturated carbocycles. The highest BCUT2D eigenvalue weighted by Gasteiger charge is 2.15. The molecule has 2 aromatic carbocycles. The standard InChI is InChI=1S/C18H16N6/c1-12(13-8-4-2-5-9-13)19-17-15-18(23-24-22-15)21-16(20-17)14-10-6-3-7-11-14/h2-12H,1H3,(H2,19,20,21,22,23,24). The van der Waals surface area contributed by atoms with Gasteiger partial charge in [0.25, 0.3) is 0 Å². The van der Waals surface area contributed by atoms with E-state index in [2.05, 4.69) is 49.8 Å². The van der Waals surface area contributed by atoms with Crippen LogP contribution in [0.2, 0.25) is 0 Å². The minimum absolute atomic E-state index is 0.0876. The van der Waals surface area contributed by atoms with Crippen molar-refractivity contribution in [1.82, 2.24) is 25.4 Å². The van der Waals surface area contributed by atoms with E-state index in [9.17, 15) is 0 Å². The normalized spacial score (nSPS) is 12.2. The van der Waals surface area contributed by atoms with Gasteiger partial charge in [-0.15, -0.1) is 5.10 Å². The number of H-pyrrole nitrogens is 1. The number of aromatic amines is 1. The Hall–Kier alpha value is -3.28. The molecule has 0 amide bonds. The number of rotatable bonds is 4. The summed E-state index contributed by atoms with van der Waals surface area (Å²) < 4.78 is 0. The van der Waals surface area contributed by atoms with Crippen LogP contribution in [0.3, 0.4) is 0 Å². The van der Waals surface area contributed by atoms with Gasteiger partial charge in [-0.25, -0.2) is 9.97 Å². The van der Waals surface area contributed by atoms with Gasteiger partial charge in [0.1, 0.15) is 0 Å². The SMILES string of the molecule is CC(Nc1nc(-c2ccccc2)nc2n[nH]nc12)c1ccccc1. The van der Waals surface area contributed by atoms with Gasteiger partial charge in [0.15, 0.2) is 17.2 Å². The molecular formula is C18H16N6. The third kappa shape index (κ3) is 2.69. The quantitative estimate of drug-likeness (QED) is 0.601. The summed E-state index contributed by atoms with van der Waals surface area (Å²) in [6.45, 7) is 2.09. The predicted octanol–water partition coefficient (Wildman–Crippen LogP) is 3.59. The Labute approximate surface area is 139 Å². The molecule has 0 fully saturated rings. The number of hydrogen-bond acceptors (Lipinski definition) is 5. The average Bonchev–Trinajstić information content (AvgIpc) is 3.12. The Bertz CT molecular complexity index is 949. The predicted molar refractivity (Wildman–Crippen MR) is 93.4 cm³/mol. The second-order valence-corrected chi connectivity index (χ2v) is 5.53. The van der Waals surface area contributed by atoms with Gasteiger partial charge in [-0.1, -0.05) is 60.7 Å². The number of anilines is 1. The molecule has 4 aromatic rings. The number of fused-ring (bicyclic) bond motifs is 1. The summed E-state index contributed by atoms with van der Waals surface area (Å²) in [6.07, 6.45) is 0. The monoisotopic (exact) mass is 316 g/mol. The van der Waals surface area contributed by atoms with E-state index in [-0.39, 0.29) is 6.04 Å². The molecule has 2 heterocycles. The molecule has 6 heteroatoms. The van der Waals surface area contributed by atoms with Gasteiger partial charge in [-0.3, -0.25) is 0 Å². The van der Waals surface area contributed by atoms with E-state index >= 15 is 0 Å². The van der Waals surface area contributed by atoms with Crippen molar-refractivity contribution >= 4 is 17.0 Å². The van der Waals surface area contributed by atoms with Gasteiger partial charge >= 0.3 is 0 Å². The molecule has 2 aromatic heterocycles. The Morgan fingerprint density at radius 2 is 1.58 bits per heavy atom. The number of aromatic nitrogens is 5. The van der Waals surface area contributed by atoms with Gasteiger partial charge in [-0.2, -0.15) is 10.3 Å². The maximum absolute atomic E-state index is 4.66. The first-order valence-corrected chi connectivity index (χ1v) is 7.76. The molecule has 2 N–H and O–H groups in total. The van der Waals surface area contributed by atoms with Crippen LogP contribution in [0.5, 0.6) is 0 Å². The summed E-state index contributed by atoms with van der Waals surface area (Å²) in [6, 6.07) is 20.1. The summed E-state index contributed by atoms with van der Waals surface area (Å²) in [5, 5.41) is 14.3. The first-order chi connectivity index (χ1) is 11.8. The van der Waals surface area contributed by atoms with Crippen molar-refractivity contribution in [1.29, 1.82) is 0 Å². The Morgan fingerprint density at radius 3 is 2.33 bits per heavy atom. The zero-order valence-corrected chi connectivity index (χ0v) is 13.1. The highest BCUT2D eigenvalue weighted by Crippen LogP contribution is 2.25. The Balaban J connectivity index is 1.75. The summed E-state index contributed by atoms with van der Waals surface area (Å²) in [7, 11) is 0. The molecule has 6 nitrogen and oxygen atoms in total. The van der Waals surface area contributed by atoms with Crippen molar-refractivity contribution in [3.05, 3.63) is 66.2 Å². The smallest absolute Gasteiger partial charge is 0.207 e. The fourth-order valence-corrected chi connectivity index (χ4v) is 2.59. The molecule has 0 aliphatic carbocycles. The maximum atomic E-state index is 4.66. The summed E-state index contributed by atoms with van der Waals surface area (Å²) in [5.41, 5.74) is 3.30. The van der Waals surface area contributed by atoms with Gasteiger partial charge in [0.05, 0.1) is 6.04 Å². The van der Waals surface area contributed by atoms with Gasteiger partial charge in [0, 0.05) is 5.56 Å². The van der Waals surface area contributed by atoms with Gasteiger partial charge in [0.2, 0.25) is 5.65 Å². The fourth-order valence-electron chi connectivity index (χ4n) is 2.59. The van der Waals surface area contributed by atoms with Crippen LogP contribution < -0.4 is 5.32 Å². The molecule has 0 bridgehead atoms. The van der Waals surface area contributed by atoms with Crippen LogP contribution in [0.25, 0.3) is 22.6 Å². The molecule has 0 saturated heterocycles. The largest absolute Gasteiger partial charge is 0.362 e. The van der Waals surface area contributed by atoms with Crippen LogP contribution in [0.1, 0.15) is 18.5 Å². The minimum atomic E-state index is 0.0876. The molecule has 0 radical (unpaired) electrons. The van der Waals surface area contributed by atoms with Crippen LogP contribution in [0.4, 0.5) is 5.82 Å². The lowest BCUT2D eigenvalue weighted by Gasteiger charge is -2.15. The lowest BCUT2D eigenvalue weighted by atomic mass is 10.1. The lowest BCUT2D eigenvalue weighted by molar-refractivity contribution is 0.875. The molecule has 4 rings (SSSR count). The lowest BCUT2D eigenvalue weighted by Crippen LogP contribution is -2.09. The van der Waals surface area contributed by atoms with Crippen molar-refractivity contribution < 1.29 is 0 Å². The molecule has 1 unspecified atom stereocenters. The van der Waals surface area contributed by atoms with Crippen LogP contribution in [0.15, 0.2) is 60.7 Å². The van der Waals surface area contributed by atoms with E-state index in [1.807, 2.05) is 48.5 Å². The van der Waals surface area contributed by atoms with E-state index in [0.29, 0.717) is 22.8 Å². The zero-order valence-electron chi connectivity index (χ0n) is 13.1. The van der Waals surface area contributed by atoms with Crippen molar-refractivity contribution in [2.24, 2.45) is 0 Å². The summed E-state index contributed by atoms with van der Waals surface area (Å²) in [4.78, 5) is 9.15. The Kier molecular flexibility index (Phi) is 3.63. The molecule has 118 valence electrons. The topological polar surface area (TPSA) is 79.4 Å². The molecule has 0 aliphatic heterocycles. The van der Waals surface area contributed by atoms with Crippen molar-refractivity contribution in [2.75, 3.05) is 5.32 Å². The maximum Gasteiger partial charge on any atom is 0.207 e. The molecule has 1 atom stereocenters. The zero-order chi connectivity index (χ0) is 16.4. The van der Waals surface area contributed by atoms with E-state index in [1.165, 1.54) is 5.56 Å². The van der Waals surface area contributed by atoms with Crippen LogP contribution in [-0.2, 0) is 0 Å². The summed E-state index contributed by atoms with van der Waals surface area (Å²) >= 11 is 0. The highest BCUT2D eigenvalue weighted by atomic mass is 15.4. The number of nitrogens with one attached hydrogen (secondary N) is 2. The second-order valence-electron chi connectivity index (χ2n) is 5.53. The van der Waals surface area contributed by atoms with E-state index < -0.39 is 0 Å². The molecule has 24 heavy (non-hydrogen) atoms. The van der Waals surface area contributed by atoms with E-state index in [1.54, 1.807) is 0 Å². The number of hydrogen-bond donors (Lipinski definition) is 2. The van der Waals surface area contributed by atoms with Gasteiger partial charge in [-0.05, 0) is 12.5 Å². The van der Waals surface area contributed by atoms with Gasteiger partial charge < -0.3 is 5.32 Å². The third-order valence-corrected chi connectivity index (χ3v) is 3.87. The van der Waals surface area contributed by atoms with Crippen molar-refractivity contribution in [3.63, 3.8) is 0 Å². The minimum Gasteiger partial charge on any atom is -0.362 e. The average molecular weight is 316 g/mol. The Morgan fingerprint density at radius 1 is 0.875 bits per heavy atom. The van der Waals surface area contributed by atoms with Crippen LogP contribution in [-0.4, -0.2) is 25.4 Å². The molecular weight excluding hydrogens is 300 g/mol. The number of nitrogens with zero attached hydrogens (tertiary/aromatic N) is 4. The van der Waals surface area contributed by atoms with E-state index in [4.69, 9.17) is 0 Å². The van der Waals surface area contributed by atoms with E-state index in [0.717, 1.165) is 5.56 Å². The number of benzene rings is 2. The highest BCUT2D eigenvalue weighted by molar-refractivity contribution is 5.84.